The summed E-state index contributed by atoms with van der Waals surface area (Å²) in [5.41, 5.74) is 1.88. The lowest BCUT2D eigenvalue weighted by atomic mass is 10.1. The molecule has 2 atom stereocenters. The van der Waals surface area contributed by atoms with Crippen molar-refractivity contribution < 1.29 is 4.79 Å². The monoisotopic (exact) mass is 348 g/mol. The van der Waals surface area contributed by atoms with Gasteiger partial charge in [-0.3, -0.25) is 9.78 Å². The fourth-order valence-electron chi connectivity index (χ4n) is 4.36. The van der Waals surface area contributed by atoms with E-state index in [4.69, 9.17) is 0 Å². The van der Waals surface area contributed by atoms with Crippen molar-refractivity contribution >= 4 is 22.8 Å². The Kier molecular flexibility index (Phi) is 3.58. The van der Waals surface area contributed by atoms with Gasteiger partial charge in [0.1, 0.15) is 17.8 Å². The number of carbonyl (C=O) groups excluding carboxylic acids is 1. The van der Waals surface area contributed by atoms with Crippen LogP contribution in [-0.4, -0.2) is 55.9 Å². The number of hydrogen-bond donors (Lipinski definition) is 1. The molecule has 5 heterocycles. The largest absolute Gasteiger partial charge is 0.352 e. The predicted molar refractivity (Wildman–Crippen MR) is 97.7 cm³/mol. The summed E-state index contributed by atoms with van der Waals surface area (Å²) in [4.78, 5) is 33.3. The summed E-state index contributed by atoms with van der Waals surface area (Å²) in [7, 11) is 0. The number of aromatic nitrogens is 4. The minimum absolute atomic E-state index is 0.220. The first-order valence-electron chi connectivity index (χ1n) is 9.03. The number of fused-ring (bicyclic) bond motifs is 3. The van der Waals surface area contributed by atoms with Gasteiger partial charge in [0.2, 0.25) is 5.91 Å². The minimum atomic E-state index is 0.220. The number of nitrogens with one attached hydrogen (secondary N) is 1. The molecule has 1 amide bonds. The molecule has 5 rings (SSSR count). The SMILES string of the molecule is O=C(Cc1ccncc1)N1C2CC[C@@H]1CN(c1ncnc3[nH]ccc13)C2. The van der Waals surface area contributed by atoms with Gasteiger partial charge in [-0.1, -0.05) is 0 Å². The Morgan fingerprint density at radius 2 is 1.88 bits per heavy atom. The molecule has 7 nitrogen and oxygen atoms in total. The van der Waals surface area contributed by atoms with E-state index in [-0.39, 0.29) is 18.0 Å². The molecule has 0 spiro atoms. The first-order valence-corrected chi connectivity index (χ1v) is 9.03. The molecule has 26 heavy (non-hydrogen) atoms. The first-order chi connectivity index (χ1) is 12.8. The third-order valence-electron chi connectivity index (χ3n) is 5.51. The number of amides is 1. The van der Waals surface area contributed by atoms with Crippen molar-refractivity contribution in [1.82, 2.24) is 24.8 Å². The van der Waals surface area contributed by atoms with Crippen LogP contribution in [0.15, 0.2) is 43.1 Å². The highest BCUT2D eigenvalue weighted by Crippen LogP contribution is 2.34. The van der Waals surface area contributed by atoms with Gasteiger partial charge in [0.25, 0.3) is 0 Å². The van der Waals surface area contributed by atoms with Crippen LogP contribution in [0.5, 0.6) is 0 Å². The van der Waals surface area contributed by atoms with Crippen LogP contribution in [0.3, 0.4) is 0 Å². The Labute approximate surface area is 151 Å². The second kappa shape index (κ2) is 6.09. The van der Waals surface area contributed by atoms with Crippen LogP contribution in [0.4, 0.5) is 5.82 Å². The lowest BCUT2D eigenvalue weighted by Crippen LogP contribution is -2.56. The molecular formula is C19H20N6O. The molecule has 1 N–H and O–H groups in total. The van der Waals surface area contributed by atoms with E-state index in [1.165, 1.54) is 0 Å². The van der Waals surface area contributed by atoms with Gasteiger partial charge in [-0.15, -0.1) is 0 Å². The molecule has 3 aromatic heterocycles. The van der Waals surface area contributed by atoms with Gasteiger partial charge in [-0.05, 0) is 36.6 Å². The highest BCUT2D eigenvalue weighted by molar-refractivity contribution is 5.87. The lowest BCUT2D eigenvalue weighted by Gasteiger charge is -2.41. The van der Waals surface area contributed by atoms with Gasteiger partial charge in [0, 0.05) is 43.8 Å². The maximum atomic E-state index is 12.9. The summed E-state index contributed by atoms with van der Waals surface area (Å²) in [6.45, 7) is 1.66. The summed E-state index contributed by atoms with van der Waals surface area (Å²) in [5, 5.41) is 1.04. The van der Waals surface area contributed by atoms with E-state index in [0.29, 0.717) is 6.42 Å². The zero-order valence-corrected chi connectivity index (χ0v) is 14.4. The number of aromatic amines is 1. The Bertz CT molecular complexity index is 925. The number of anilines is 1. The summed E-state index contributed by atoms with van der Waals surface area (Å²) < 4.78 is 0. The van der Waals surface area contributed by atoms with Crippen molar-refractivity contribution in [2.45, 2.75) is 31.3 Å². The molecule has 132 valence electrons. The van der Waals surface area contributed by atoms with Crippen LogP contribution in [0.2, 0.25) is 0 Å². The molecule has 2 bridgehead atoms. The summed E-state index contributed by atoms with van der Waals surface area (Å²) in [6.07, 6.45) is 9.56. The van der Waals surface area contributed by atoms with Crippen molar-refractivity contribution in [1.29, 1.82) is 0 Å². The Morgan fingerprint density at radius 3 is 2.65 bits per heavy atom. The maximum absolute atomic E-state index is 12.9. The van der Waals surface area contributed by atoms with E-state index >= 15 is 0 Å². The minimum Gasteiger partial charge on any atom is -0.352 e. The molecule has 3 aromatic rings. The molecular weight excluding hydrogens is 328 g/mol. The zero-order chi connectivity index (χ0) is 17.5. The molecule has 2 aliphatic heterocycles. The third-order valence-corrected chi connectivity index (χ3v) is 5.51. The van der Waals surface area contributed by atoms with Gasteiger partial charge in [0.05, 0.1) is 11.8 Å². The number of carbonyl (C=O) groups is 1. The van der Waals surface area contributed by atoms with Gasteiger partial charge < -0.3 is 14.8 Å². The Hall–Kier alpha value is -2.96. The smallest absolute Gasteiger partial charge is 0.227 e. The van der Waals surface area contributed by atoms with Gasteiger partial charge >= 0.3 is 0 Å². The third kappa shape index (κ3) is 2.51. The van der Waals surface area contributed by atoms with E-state index in [2.05, 4.69) is 29.7 Å². The predicted octanol–water partition coefficient (Wildman–Crippen LogP) is 1.78. The van der Waals surface area contributed by atoms with Crippen molar-refractivity contribution in [2.75, 3.05) is 18.0 Å². The number of piperazine rings is 1. The zero-order valence-electron chi connectivity index (χ0n) is 14.4. The second-order valence-corrected chi connectivity index (χ2v) is 7.06. The highest BCUT2D eigenvalue weighted by Gasteiger charge is 2.42. The molecule has 2 fully saturated rings. The molecule has 0 radical (unpaired) electrons. The molecule has 0 aliphatic carbocycles. The highest BCUT2D eigenvalue weighted by atomic mass is 16.2. The van der Waals surface area contributed by atoms with Crippen molar-refractivity contribution in [3.63, 3.8) is 0 Å². The normalized spacial score (nSPS) is 22.2. The fourth-order valence-corrected chi connectivity index (χ4v) is 4.36. The van der Waals surface area contributed by atoms with Crippen LogP contribution in [0.25, 0.3) is 11.0 Å². The van der Waals surface area contributed by atoms with Crippen LogP contribution in [-0.2, 0) is 11.2 Å². The fraction of sp³-hybridized carbons (Fsp3) is 0.368. The van der Waals surface area contributed by atoms with Gasteiger partial charge in [-0.25, -0.2) is 9.97 Å². The van der Waals surface area contributed by atoms with Crippen molar-refractivity contribution in [3.05, 3.63) is 48.7 Å². The standard InChI is InChI=1S/C19H20N6O/c26-17(9-13-3-6-20-7-4-13)25-14-1-2-15(25)11-24(10-14)19-16-5-8-21-18(16)22-12-23-19/h3-8,12,14-15H,1-2,9-11H2,(H,21,22,23)/t14-,15?/m1/s1. The Balaban J connectivity index is 1.36. The molecule has 0 saturated carbocycles. The van der Waals surface area contributed by atoms with E-state index in [0.717, 1.165) is 48.3 Å². The number of pyridine rings is 1. The maximum Gasteiger partial charge on any atom is 0.227 e. The van der Waals surface area contributed by atoms with Gasteiger partial charge in [0.15, 0.2) is 0 Å². The van der Waals surface area contributed by atoms with E-state index < -0.39 is 0 Å². The number of nitrogens with zero attached hydrogens (tertiary/aromatic N) is 5. The molecule has 7 heteroatoms. The Morgan fingerprint density at radius 1 is 1.12 bits per heavy atom. The van der Waals surface area contributed by atoms with Crippen molar-refractivity contribution in [3.8, 4) is 0 Å². The lowest BCUT2D eigenvalue weighted by molar-refractivity contribution is -0.133. The first kappa shape index (κ1) is 15.3. The van der Waals surface area contributed by atoms with E-state index in [9.17, 15) is 4.79 Å². The van der Waals surface area contributed by atoms with E-state index in [1.54, 1.807) is 18.7 Å². The molecule has 2 aliphatic rings. The van der Waals surface area contributed by atoms with E-state index in [1.807, 2.05) is 24.4 Å². The summed E-state index contributed by atoms with van der Waals surface area (Å²) >= 11 is 0. The molecule has 2 saturated heterocycles. The van der Waals surface area contributed by atoms with Crippen molar-refractivity contribution in [2.24, 2.45) is 0 Å². The molecule has 0 aromatic carbocycles. The number of rotatable bonds is 3. The average Bonchev–Trinajstić information content (AvgIpc) is 3.24. The van der Waals surface area contributed by atoms with Gasteiger partial charge in [-0.2, -0.15) is 0 Å². The molecule has 1 unspecified atom stereocenters. The van der Waals surface area contributed by atoms with Crippen LogP contribution in [0, 0.1) is 0 Å². The number of hydrogen-bond acceptors (Lipinski definition) is 5. The number of H-pyrrole nitrogens is 1. The van der Waals surface area contributed by atoms with Crippen LogP contribution >= 0.6 is 0 Å². The quantitative estimate of drug-likeness (QED) is 0.781. The second-order valence-electron chi connectivity index (χ2n) is 7.06. The summed E-state index contributed by atoms with van der Waals surface area (Å²) in [5.74, 6) is 1.19. The summed E-state index contributed by atoms with van der Waals surface area (Å²) in [6, 6.07) is 6.37. The van der Waals surface area contributed by atoms with Crippen LogP contribution < -0.4 is 4.90 Å². The average molecular weight is 348 g/mol. The topological polar surface area (TPSA) is 78.0 Å². The van der Waals surface area contributed by atoms with Crippen LogP contribution in [0.1, 0.15) is 18.4 Å².